The molecule has 8 nitrogen and oxygen atoms in total. The molecule has 0 saturated carbocycles. The minimum Gasteiger partial charge on any atom is -0.497 e. The average molecular weight is 439 g/mol. The third kappa shape index (κ3) is 3.55. The zero-order valence-corrected chi connectivity index (χ0v) is 18.6. The predicted molar refractivity (Wildman–Crippen MR) is 115 cm³/mol. The van der Waals surface area contributed by atoms with Gasteiger partial charge in [0.05, 0.1) is 25.8 Å². The number of carbonyl (C=O) groups is 2. The Kier molecular flexibility index (Phi) is 5.32. The second-order valence-corrected chi connectivity index (χ2v) is 8.36. The van der Waals surface area contributed by atoms with Gasteiger partial charge in [0.2, 0.25) is 5.41 Å². The summed E-state index contributed by atoms with van der Waals surface area (Å²) in [5.41, 5.74) is 0.442. The van der Waals surface area contributed by atoms with Gasteiger partial charge in [-0.25, -0.2) is 0 Å². The van der Waals surface area contributed by atoms with Gasteiger partial charge >= 0.3 is 11.9 Å². The molecule has 2 aliphatic heterocycles. The van der Waals surface area contributed by atoms with Crippen molar-refractivity contribution in [3.63, 3.8) is 0 Å². The van der Waals surface area contributed by atoms with Gasteiger partial charge in [0, 0.05) is 19.4 Å². The zero-order chi connectivity index (χ0) is 23.1. The fraction of sp³-hybridized carbons (Fsp3) is 0.375. The standard InChI is InChI=1S/C24H25NO7/c1-23(2)30-21(26)24(3,22(27)31-23)20-18(14-6-10-16(28-4)11-7-14)19(25-32-20)15-8-12-17(29-5)13-9-15/h6-13,18,20H,1-5H3. The maximum Gasteiger partial charge on any atom is 0.330 e. The molecule has 2 heterocycles. The van der Waals surface area contributed by atoms with Crippen molar-refractivity contribution in [1.29, 1.82) is 0 Å². The van der Waals surface area contributed by atoms with E-state index in [1.807, 2.05) is 36.4 Å². The van der Waals surface area contributed by atoms with Crippen LogP contribution in [-0.2, 0) is 23.9 Å². The van der Waals surface area contributed by atoms with Gasteiger partial charge in [0.15, 0.2) is 6.10 Å². The summed E-state index contributed by atoms with van der Waals surface area (Å²) in [4.78, 5) is 31.9. The van der Waals surface area contributed by atoms with Crippen molar-refractivity contribution in [2.24, 2.45) is 10.6 Å². The summed E-state index contributed by atoms with van der Waals surface area (Å²) < 4.78 is 21.3. The maximum atomic E-state index is 13.0. The molecule has 2 unspecified atom stereocenters. The molecule has 0 aliphatic carbocycles. The van der Waals surface area contributed by atoms with E-state index in [0.717, 1.165) is 11.1 Å². The Hall–Kier alpha value is -3.55. The Morgan fingerprint density at radius 3 is 1.81 bits per heavy atom. The number of rotatable bonds is 5. The molecule has 2 aromatic rings. The maximum absolute atomic E-state index is 13.0. The number of hydrogen-bond donors (Lipinski definition) is 0. The SMILES string of the molecule is COc1ccc(C2=NOC(C3(C)C(=O)OC(C)(C)OC3=O)C2c2ccc(OC)cc2)cc1. The van der Waals surface area contributed by atoms with Crippen molar-refractivity contribution < 1.29 is 33.4 Å². The Morgan fingerprint density at radius 1 is 0.812 bits per heavy atom. The Bertz CT molecular complexity index is 1040. The number of hydrogen-bond acceptors (Lipinski definition) is 8. The third-order valence-corrected chi connectivity index (χ3v) is 5.82. The highest BCUT2D eigenvalue weighted by atomic mass is 16.7. The lowest BCUT2D eigenvalue weighted by Crippen LogP contribution is -2.58. The van der Waals surface area contributed by atoms with Gasteiger partial charge in [-0.15, -0.1) is 0 Å². The zero-order valence-electron chi connectivity index (χ0n) is 18.6. The molecule has 2 aromatic carbocycles. The number of carbonyl (C=O) groups excluding carboxylic acids is 2. The minimum atomic E-state index is -1.71. The van der Waals surface area contributed by atoms with Crippen molar-refractivity contribution in [1.82, 2.24) is 0 Å². The molecule has 0 spiro atoms. The van der Waals surface area contributed by atoms with Crippen LogP contribution in [-0.4, -0.2) is 43.8 Å². The summed E-state index contributed by atoms with van der Waals surface area (Å²) in [6.45, 7) is 4.50. The highest BCUT2D eigenvalue weighted by Gasteiger charge is 2.63. The van der Waals surface area contributed by atoms with Crippen molar-refractivity contribution in [2.75, 3.05) is 14.2 Å². The van der Waals surface area contributed by atoms with E-state index in [2.05, 4.69) is 5.16 Å². The molecule has 8 heteroatoms. The molecule has 168 valence electrons. The molecular weight excluding hydrogens is 414 g/mol. The molecule has 0 amide bonds. The average Bonchev–Trinajstić information content (AvgIpc) is 3.22. The summed E-state index contributed by atoms with van der Waals surface area (Å²) in [5.74, 6) is -1.94. The van der Waals surface area contributed by atoms with Gasteiger partial charge in [-0.1, -0.05) is 17.3 Å². The first-order valence-corrected chi connectivity index (χ1v) is 10.2. The number of benzene rings is 2. The first-order chi connectivity index (χ1) is 15.2. The molecule has 0 N–H and O–H groups in total. The van der Waals surface area contributed by atoms with Gasteiger partial charge in [-0.2, -0.15) is 0 Å². The monoisotopic (exact) mass is 439 g/mol. The van der Waals surface area contributed by atoms with Crippen molar-refractivity contribution >= 4 is 17.7 Å². The smallest absolute Gasteiger partial charge is 0.330 e. The van der Waals surface area contributed by atoms with E-state index in [-0.39, 0.29) is 0 Å². The van der Waals surface area contributed by atoms with E-state index in [0.29, 0.717) is 17.2 Å². The van der Waals surface area contributed by atoms with Crippen LogP contribution in [0.3, 0.4) is 0 Å². The Labute approximate surface area is 186 Å². The highest BCUT2D eigenvalue weighted by Crippen LogP contribution is 2.46. The summed E-state index contributed by atoms with van der Waals surface area (Å²) in [6, 6.07) is 14.6. The van der Waals surface area contributed by atoms with Crippen molar-refractivity contribution in [2.45, 2.75) is 38.6 Å². The van der Waals surface area contributed by atoms with E-state index in [9.17, 15) is 9.59 Å². The van der Waals surface area contributed by atoms with Gasteiger partial charge in [-0.3, -0.25) is 9.59 Å². The summed E-state index contributed by atoms with van der Waals surface area (Å²) >= 11 is 0. The molecule has 32 heavy (non-hydrogen) atoms. The topological polar surface area (TPSA) is 92.7 Å². The molecule has 0 aromatic heterocycles. The first-order valence-electron chi connectivity index (χ1n) is 10.2. The lowest BCUT2D eigenvalue weighted by atomic mass is 9.72. The fourth-order valence-corrected chi connectivity index (χ4v) is 3.95. The third-order valence-electron chi connectivity index (χ3n) is 5.82. The van der Waals surface area contributed by atoms with E-state index in [4.69, 9.17) is 23.8 Å². The van der Waals surface area contributed by atoms with Crippen LogP contribution in [0.1, 0.15) is 37.8 Å². The van der Waals surface area contributed by atoms with Gasteiger partial charge in [0.1, 0.15) is 11.5 Å². The Balaban J connectivity index is 1.78. The summed E-state index contributed by atoms with van der Waals surface area (Å²) in [5, 5.41) is 4.30. The van der Waals surface area contributed by atoms with Crippen LogP contribution in [0.25, 0.3) is 0 Å². The number of ether oxygens (including phenoxy) is 4. The van der Waals surface area contributed by atoms with Gasteiger partial charge in [-0.05, 0) is 48.9 Å². The van der Waals surface area contributed by atoms with E-state index in [1.165, 1.54) is 20.8 Å². The van der Waals surface area contributed by atoms with Gasteiger partial charge in [0.25, 0.3) is 5.79 Å². The predicted octanol–water partition coefficient (Wildman–Crippen LogP) is 3.43. The quantitative estimate of drug-likeness (QED) is 0.520. The van der Waals surface area contributed by atoms with Crippen molar-refractivity contribution in [3.05, 3.63) is 59.7 Å². The lowest BCUT2D eigenvalue weighted by molar-refractivity contribution is -0.258. The minimum absolute atomic E-state index is 0.541. The van der Waals surface area contributed by atoms with E-state index >= 15 is 0 Å². The molecule has 2 aliphatic rings. The molecule has 0 bridgehead atoms. The number of cyclic esters (lactones) is 2. The van der Waals surface area contributed by atoms with Crippen LogP contribution in [0, 0.1) is 5.41 Å². The van der Waals surface area contributed by atoms with Crippen molar-refractivity contribution in [3.8, 4) is 11.5 Å². The number of esters is 2. The Morgan fingerprint density at radius 2 is 1.31 bits per heavy atom. The summed E-state index contributed by atoms with van der Waals surface area (Å²) in [7, 11) is 3.17. The number of nitrogens with zero attached hydrogens (tertiary/aromatic N) is 1. The first kappa shape index (κ1) is 21.7. The highest BCUT2D eigenvalue weighted by molar-refractivity contribution is 6.09. The van der Waals surface area contributed by atoms with Crippen LogP contribution in [0.15, 0.2) is 53.7 Å². The fourth-order valence-electron chi connectivity index (χ4n) is 3.95. The lowest BCUT2D eigenvalue weighted by Gasteiger charge is -2.41. The second-order valence-electron chi connectivity index (χ2n) is 8.36. The molecule has 0 radical (unpaired) electrons. The molecular formula is C24H25NO7. The van der Waals surface area contributed by atoms with E-state index < -0.39 is 35.2 Å². The van der Waals surface area contributed by atoms with Gasteiger partial charge < -0.3 is 23.8 Å². The molecule has 1 fully saturated rings. The van der Waals surface area contributed by atoms with Crippen LogP contribution in [0.2, 0.25) is 0 Å². The van der Waals surface area contributed by atoms with Crippen LogP contribution < -0.4 is 9.47 Å². The van der Waals surface area contributed by atoms with Crippen LogP contribution in [0.5, 0.6) is 11.5 Å². The summed E-state index contributed by atoms with van der Waals surface area (Å²) in [6.07, 6.45) is -0.968. The van der Waals surface area contributed by atoms with E-state index in [1.54, 1.807) is 26.4 Å². The molecule has 1 saturated heterocycles. The molecule has 4 rings (SSSR count). The van der Waals surface area contributed by atoms with Crippen LogP contribution >= 0.6 is 0 Å². The molecule has 2 atom stereocenters. The normalized spacial score (nSPS) is 23.5. The number of methoxy groups -OCH3 is 2. The number of oxime groups is 1. The van der Waals surface area contributed by atoms with Crippen LogP contribution in [0.4, 0.5) is 0 Å². The second kappa shape index (κ2) is 7.85. The largest absolute Gasteiger partial charge is 0.497 e.